The topological polar surface area (TPSA) is 75.0 Å². The molecule has 2 aliphatic heterocycles. The largest absolute Gasteiger partial charge is 0.459 e. The van der Waals surface area contributed by atoms with Crippen molar-refractivity contribution in [1.29, 1.82) is 0 Å². The van der Waals surface area contributed by atoms with Crippen LogP contribution in [0.15, 0.2) is 41.0 Å². The Morgan fingerprint density at radius 2 is 2.06 bits per heavy atom. The van der Waals surface area contributed by atoms with Crippen LogP contribution in [-0.4, -0.2) is 62.7 Å². The number of piperazine rings is 1. The van der Waals surface area contributed by atoms with Crippen molar-refractivity contribution in [3.63, 3.8) is 0 Å². The van der Waals surface area contributed by atoms with Gasteiger partial charge >= 0.3 is 6.18 Å². The van der Waals surface area contributed by atoms with Crippen molar-refractivity contribution >= 4 is 17.5 Å². The van der Waals surface area contributed by atoms with Gasteiger partial charge in [0, 0.05) is 45.6 Å². The molecule has 0 unspecified atom stereocenters. The molecule has 1 aromatic carbocycles. The summed E-state index contributed by atoms with van der Waals surface area (Å²) in [6.45, 7) is 1.95. The predicted octanol–water partition coefficient (Wildman–Crippen LogP) is 2.95. The second kappa shape index (κ2) is 9.46. The zero-order valence-electron chi connectivity index (χ0n) is 18.2. The second-order valence-corrected chi connectivity index (χ2v) is 8.28. The van der Waals surface area contributed by atoms with Gasteiger partial charge in [0.2, 0.25) is 5.91 Å². The minimum absolute atomic E-state index is 0.166. The van der Waals surface area contributed by atoms with E-state index in [0.717, 1.165) is 12.1 Å². The number of methoxy groups -OCH3 is 1. The van der Waals surface area contributed by atoms with Crippen LogP contribution >= 0.6 is 0 Å². The highest BCUT2D eigenvalue weighted by molar-refractivity contribution is 5.92. The van der Waals surface area contributed by atoms with Crippen LogP contribution in [0.4, 0.5) is 18.9 Å². The maximum Gasteiger partial charge on any atom is 0.416 e. The van der Waals surface area contributed by atoms with Gasteiger partial charge in [0.15, 0.2) is 5.76 Å². The number of alkyl halides is 3. The van der Waals surface area contributed by atoms with Crippen LogP contribution in [0, 0.1) is 5.92 Å². The van der Waals surface area contributed by atoms with E-state index in [1.165, 1.54) is 12.3 Å². The Kier molecular flexibility index (Phi) is 6.64. The van der Waals surface area contributed by atoms with E-state index in [9.17, 15) is 22.8 Å². The lowest BCUT2D eigenvalue weighted by Gasteiger charge is -2.49. The lowest BCUT2D eigenvalue weighted by atomic mass is 9.82. The van der Waals surface area contributed by atoms with Gasteiger partial charge in [0.1, 0.15) is 0 Å². The van der Waals surface area contributed by atoms with Crippen LogP contribution in [-0.2, 0) is 22.1 Å². The summed E-state index contributed by atoms with van der Waals surface area (Å²) < 4.78 is 50.1. The number of fused-ring (bicyclic) bond motifs is 3. The zero-order chi connectivity index (χ0) is 23.6. The number of hydrogen-bond donors (Lipinski definition) is 1. The van der Waals surface area contributed by atoms with E-state index in [1.54, 1.807) is 24.1 Å². The van der Waals surface area contributed by atoms with Crippen molar-refractivity contribution in [3.8, 4) is 0 Å². The normalized spacial score (nSPS) is 20.2. The molecule has 1 saturated heterocycles. The fraction of sp³-hybridized carbons (Fsp3) is 0.478. The van der Waals surface area contributed by atoms with Crippen molar-refractivity contribution < 1.29 is 31.9 Å². The number of rotatable bonds is 6. The number of nitrogens with zero attached hydrogens (tertiary/aromatic N) is 2. The van der Waals surface area contributed by atoms with Crippen LogP contribution < -0.4 is 10.2 Å². The second-order valence-electron chi connectivity index (χ2n) is 8.28. The maximum absolute atomic E-state index is 13.3. The number of carbonyl (C=O) groups is 2. The van der Waals surface area contributed by atoms with E-state index >= 15 is 0 Å². The van der Waals surface area contributed by atoms with Gasteiger partial charge in [-0.2, -0.15) is 13.2 Å². The first-order valence-corrected chi connectivity index (χ1v) is 10.9. The van der Waals surface area contributed by atoms with Crippen LogP contribution in [0.5, 0.6) is 0 Å². The molecule has 1 N–H and O–H groups in total. The van der Waals surface area contributed by atoms with Crippen molar-refractivity contribution in [1.82, 2.24) is 10.2 Å². The Hall–Kier alpha value is -3.01. The molecule has 0 aliphatic carbocycles. The van der Waals surface area contributed by atoms with Gasteiger partial charge in [0.05, 0.1) is 23.8 Å². The fourth-order valence-electron chi connectivity index (χ4n) is 4.60. The molecular weight excluding hydrogens is 439 g/mol. The molecule has 178 valence electrons. The van der Waals surface area contributed by atoms with Crippen LogP contribution in [0.25, 0.3) is 0 Å². The number of carbonyl (C=O) groups excluding carboxylic acids is 2. The Labute approximate surface area is 189 Å². The lowest BCUT2D eigenvalue weighted by molar-refractivity contribution is -0.137. The standard InChI is InChI=1S/C23H26F3N3O4/c1-32-10-3-7-27-21(30)17-13-15-12-16(23(24,25)26)5-6-18(15)29-9-8-28(14-19(17)29)22(31)20-4-2-11-33-20/h2,4-6,11-12,17,19H,3,7-10,13-14H2,1H3,(H,27,30)/t17-,19+/m0/s1. The first-order chi connectivity index (χ1) is 15.8. The van der Waals surface area contributed by atoms with E-state index in [-0.39, 0.29) is 36.6 Å². The maximum atomic E-state index is 13.3. The fourth-order valence-corrected chi connectivity index (χ4v) is 4.60. The van der Waals surface area contributed by atoms with Gasteiger partial charge in [-0.1, -0.05) is 0 Å². The molecule has 2 amide bonds. The molecule has 0 bridgehead atoms. The van der Waals surface area contributed by atoms with Crippen molar-refractivity contribution in [2.24, 2.45) is 5.92 Å². The molecule has 3 heterocycles. The highest BCUT2D eigenvalue weighted by Crippen LogP contribution is 2.39. The SMILES string of the molecule is COCCCNC(=O)[C@H]1Cc2cc(C(F)(F)F)ccc2N2CCN(C(=O)c3ccco3)C[C@H]12. The molecule has 10 heteroatoms. The number of anilines is 1. The van der Waals surface area contributed by atoms with Crippen molar-refractivity contribution in [2.75, 3.05) is 44.8 Å². The van der Waals surface area contributed by atoms with Gasteiger partial charge < -0.3 is 24.3 Å². The first-order valence-electron chi connectivity index (χ1n) is 10.9. The van der Waals surface area contributed by atoms with E-state index in [2.05, 4.69) is 5.32 Å². The Morgan fingerprint density at radius 1 is 1.24 bits per heavy atom. The molecule has 0 saturated carbocycles. The number of hydrogen-bond acceptors (Lipinski definition) is 5. The van der Waals surface area contributed by atoms with E-state index < -0.39 is 17.7 Å². The zero-order valence-corrected chi connectivity index (χ0v) is 18.2. The summed E-state index contributed by atoms with van der Waals surface area (Å²) in [6, 6.07) is 6.54. The predicted molar refractivity (Wildman–Crippen MR) is 114 cm³/mol. The summed E-state index contributed by atoms with van der Waals surface area (Å²) in [5, 5.41) is 2.88. The summed E-state index contributed by atoms with van der Waals surface area (Å²) in [5.74, 6) is -0.889. The highest BCUT2D eigenvalue weighted by atomic mass is 19.4. The summed E-state index contributed by atoms with van der Waals surface area (Å²) in [5.41, 5.74) is 0.441. The van der Waals surface area contributed by atoms with E-state index in [0.29, 0.717) is 43.9 Å². The van der Waals surface area contributed by atoms with E-state index in [1.807, 2.05) is 4.90 Å². The average Bonchev–Trinajstić information content (AvgIpc) is 3.34. The minimum Gasteiger partial charge on any atom is -0.459 e. The quantitative estimate of drug-likeness (QED) is 0.664. The summed E-state index contributed by atoms with van der Waals surface area (Å²) in [4.78, 5) is 29.5. The number of nitrogens with one attached hydrogen (secondary N) is 1. The number of halogens is 3. The van der Waals surface area contributed by atoms with Gasteiger partial charge in [-0.05, 0) is 48.7 Å². The number of benzene rings is 1. The molecule has 2 aliphatic rings. The Morgan fingerprint density at radius 3 is 2.76 bits per heavy atom. The smallest absolute Gasteiger partial charge is 0.416 e. The van der Waals surface area contributed by atoms with E-state index in [4.69, 9.17) is 9.15 Å². The van der Waals surface area contributed by atoms with Crippen molar-refractivity contribution in [2.45, 2.75) is 25.1 Å². The van der Waals surface area contributed by atoms with Gasteiger partial charge in [-0.25, -0.2) is 0 Å². The molecule has 2 aromatic rings. The molecule has 1 aromatic heterocycles. The summed E-state index contributed by atoms with van der Waals surface area (Å²) in [7, 11) is 1.57. The van der Waals surface area contributed by atoms with Crippen molar-refractivity contribution in [3.05, 3.63) is 53.5 Å². The number of furan rings is 1. The van der Waals surface area contributed by atoms with Crippen LogP contribution in [0.3, 0.4) is 0 Å². The monoisotopic (exact) mass is 465 g/mol. The molecule has 1 fully saturated rings. The Balaban J connectivity index is 1.60. The van der Waals surface area contributed by atoms with Gasteiger partial charge in [-0.15, -0.1) is 0 Å². The molecule has 7 nitrogen and oxygen atoms in total. The molecule has 0 radical (unpaired) electrons. The van der Waals surface area contributed by atoms with Gasteiger partial charge in [0.25, 0.3) is 5.91 Å². The summed E-state index contributed by atoms with van der Waals surface area (Å²) in [6.07, 6.45) is -2.24. The van der Waals surface area contributed by atoms with Gasteiger partial charge in [-0.3, -0.25) is 9.59 Å². The molecule has 2 atom stereocenters. The summed E-state index contributed by atoms with van der Waals surface area (Å²) >= 11 is 0. The third kappa shape index (κ3) is 4.85. The molecule has 33 heavy (non-hydrogen) atoms. The van der Waals surface area contributed by atoms with Crippen LogP contribution in [0.2, 0.25) is 0 Å². The minimum atomic E-state index is -4.46. The third-order valence-electron chi connectivity index (χ3n) is 6.22. The Bertz CT molecular complexity index is 993. The first kappa shape index (κ1) is 23.2. The number of ether oxygens (including phenoxy) is 1. The molecular formula is C23H26F3N3O4. The number of amides is 2. The highest BCUT2D eigenvalue weighted by Gasteiger charge is 2.43. The average molecular weight is 465 g/mol. The van der Waals surface area contributed by atoms with Crippen LogP contribution in [0.1, 0.15) is 28.1 Å². The molecule has 0 spiro atoms. The molecule has 4 rings (SSSR count). The third-order valence-corrected chi connectivity index (χ3v) is 6.22. The lowest BCUT2D eigenvalue weighted by Crippen LogP contribution is -2.62.